The molecule has 2 heterocycles. The molecule has 0 aliphatic carbocycles. The average molecular weight is 604 g/mol. The van der Waals surface area contributed by atoms with Crippen LogP contribution in [0, 0.1) is 34.0 Å². The lowest BCUT2D eigenvalue weighted by Gasteiger charge is -2.13. The van der Waals surface area contributed by atoms with Crippen LogP contribution in [0.25, 0.3) is 70.5 Å². The fraction of sp³-hybridized carbons (Fsp3) is 0. The topological polar surface area (TPSA) is 89.2 Å². The summed E-state index contributed by atoms with van der Waals surface area (Å²) in [5, 5.41) is 31.7. The lowest BCUT2D eigenvalue weighted by atomic mass is 9.96. The summed E-state index contributed by atoms with van der Waals surface area (Å²) in [6.07, 6.45) is 0. The predicted molar refractivity (Wildman–Crippen MR) is 184 cm³/mol. The maximum absolute atomic E-state index is 9.75. The Kier molecular flexibility index (Phi) is 6.40. The minimum Gasteiger partial charge on any atom is -0.309 e. The number of benzene rings is 6. The van der Waals surface area contributed by atoms with E-state index >= 15 is 0 Å². The Hall–Kier alpha value is -6.52. The fourth-order valence-electron chi connectivity index (χ4n) is 6.11. The van der Waals surface area contributed by atoms with Crippen molar-refractivity contribution in [2.75, 3.05) is 0 Å². The number of hydrogen-bond donors (Lipinski definition) is 0. The van der Waals surface area contributed by atoms with Crippen LogP contribution >= 0.6 is 11.3 Å². The second kappa shape index (κ2) is 10.9. The van der Waals surface area contributed by atoms with E-state index in [0.717, 1.165) is 70.5 Å². The van der Waals surface area contributed by atoms with Gasteiger partial charge in [-0.05, 0) is 82.9 Å². The van der Waals surface area contributed by atoms with Gasteiger partial charge in [0.15, 0.2) is 0 Å². The van der Waals surface area contributed by atoms with Gasteiger partial charge in [0.2, 0.25) is 0 Å². The van der Waals surface area contributed by atoms with Gasteiger partial charge < -0.3 is 4.57 Å². The zero-order valence-corrected chi connectivity index (χ0v) is 25.1. The maximum atomic E-state index is 9.75. The van der Waals surface area contributed by atoms with E-state index in [4.69, 9.17) is 4.98 Å². The quantitative estimate of drug-likeness (QED) is 0.200. The summed E-state index contributed by atoms with van der Waals surface area (Å²) in [5.74, 6) is 0. The number of nitrogens with zero attached hydrogens (tertiary/aromatic N) is 5. The van der Waals surface area contributed by atoms with Crippen molar-refractivity contribution in [2.24, 2.45) is 0 Å². The largest absolute Gasteiger partial charge is 0.309 e. The number of hydrogen-bond acceptors (Lipinski definition) is 5. The number of para-hydroxylation sites is 2. The van der Waals surface area contributed by atoms with Gasteiger partial charge in [0.25, 0.3) is 0 Å². The Morgan fingerprint density at radius 1 is 0.522 bits per heavy atom. The molecule has 0 spiro atoms. The standard InChI is InChI=1S/C40H21N5S/c41-22-25-9-16-35-34-5-1-3-7-37(34)45(38(35)17-25)33-20-30(19-31(21-33)40-44-36-6-2-4-8-39(36)46-40)27-12-10-26(11-13-27)28-14-15-29(23-42)32(18-28)24-43/h1-21H. The summed E-state index contributed by atoms with van der Waals surface area (Å²) < 4.78 is 3.36. The smallest absolute Gasteiger partial charge is 0.124 e. The molecule has 0 aliphatic heterocycles. The van der Waals surface area contributed by atoms with E-state index < -0.39 is 0 Å². The van der Waals surface area contributed by atoms with E-state index in [2.05, 4.69) is 71.3 Å². The summed E-state index contributed by atoms with van der Waals surface area (Å²) >= 11 is 1.67. The second-order valence-corrected chi connectivity index (χ2v) is 12.0. The molecule has 46 heavy (non-hydrogen) atoms. The number of fused-ring (bicyclic) bond motifs is 4. The zero-order valence-electron chi connectivity index (χ0n) is 24.3. The molecule has 0 radical (unpaired) electrons. The highest BCUT2D eigenvalue weighted by Gasteiger charge is 2.16. The van der Waals surface area contributed by atoms with Crippen LogP contribution in [0.2, 0.25) is 0 Å². The van der Waals surface area contributed by atoms with Gasteiger partial charge in [-0.25, -0.2) is 4.98 Å². The molecule has 0 fully saturated rings. The van der Waals surface area contributed by atoms with Gasteiger partial charge in [-0.3, -0.25) is 0 Å². The molecule has 0 bridgehead atoms. The van der Waals surface area contributed by atoms with Gasteiger partial charge in [-0.1, -0.05) is 66.7 Å². The third-order valence-corrected chi connectivity index (χ3v) is 9.42. The molecule has 6 aromatic carbocycles. The van der Waals surface area contributed by atoms with Crippen LogP contribution in [0.4, 0.5) is 0 Å². The number of nitriles is 3. The summed E-state index contributed by atoms with van der Waals surface area (Å²) in [6, 6.07) is 49.0. The van der Waals surface area contributed by atoms with E-state index in [9.17, 15) is 15.8 Å². The van der Waals surface area contributed by atoms with Crippen LogP contribution in [0.1, 0.15) is 16.7 Å². The second-order valence-electron chi connectivity index (χ2n) is 11.0. The maximum Gasteiger partial charge on any atom is 0.124 e. The first-order chi connectivity index (χ1) is 22.6. The van der Waals surface area contributed by atoms with Crippen molar-refractivity contribution in [1.82, 2.24) is 9.55 Å². The Morgan fingerprint density at radius 2 is 1.22 bits per heavy atom. The van der Waals surface area contributed by atoms with Gasteiger partial charge in [-0.2, -0.15) is 15.8 Å². The molecule has 212 valence electrons. The van der Waals surface area contributed by atoms with E-state index in [-0.39, 0.29) is 0 Å². The van der Waals surface area contributed by atoms with Crippen molar-refractivity contribution in [3.8, 4) is 56.7 Å². The fourth-order valence-corrected chi connectivity index (χ4v) is 7.07. The van der Waals surface area contributed by atoms with Crippen molar-refractivity contribution >= 4 is 43.4 Å². The molecule has 2 aromatic heterocycles. The van der Waals surface area contributed by atoms with E-state index in [1.807, 2.05) is 66.7 Å². The molecule has 8 rings (SSSR count). The molecule has 0 saturated carbocycles. The zero-order chi connectivity index (χ0) is 31.2. The highest BCUT2D eigenvalue weighted by molar-refractivity contribution is 7.21. The van der Waals surface area contributed by atoms with Gasteiger partial charge in [-0.15, -0.1) is 11.3 Å². The molecule has 0 saturated heterocycles. The molecular formula is C40H21N5S. The average Bonchev–Trinajstić information content (AvgIpc) is 3.70. The van der Waals surface area contributed by atoms with Crippen LogP contribution in [0.5, 0.6) is 0 Å². The Morgan fingerprint density at radius 3 is 2.00 bits per heavy atom. The highest BCUT2D eigenvalue weighted by Crippen LogP contribution is 2.38. The predicted octanol–water partition coefficient (Wildman–Crippen LogP) is 10.0. The molecule has 0 amide bonds. The van der Waals surface area contributed by atoms with E-state index in [1.54, 1.807) is 23.5 Å². The molecule has 8 aromatic rings. The van der Waals surface area contributed by atoms with Crippen LogP contribution in [0.15, 0.2) is 127 Å². The first-order valence-electron chi connectivity index (χ1n) is 14.6. The molecule has 6 heteroatoms. The molecule has 0 N–H and O–H groups in total. The highest BCUT2D eigenvalue weighted by atomic mass is 32.1. The lowest BCUT2D eigenvalue weighted by molar-refractivity contribution is 1.18. The van der Waals surface area contributed by atoms with E-state index in [1.165, 1.54) is 0 Å². The number of rotatable bonds is 4. The molecule has 0 aliphatic rings. The Labute approximate surface area is 268 Å². The van der Waals surface area contributed by atoms with Crippen LogP contribution in [-0.2, 0) is 0 Å². The van der Waals surface area contributed by atoms with Gasteiger partial charge >= 0.3 is 0 Å². The summed E-state index contributed by atoms with van der Waals surface area (Å²) in [5.41, 5.74) is 10.2. The monoisotopic (exact) mass is 603 g/mol. The number of thiazole rings is 1. The first-order valence-corrected chi connectivity index (χ1v) is 15.4. The van der Waals surface area contributed by atoms with Gasteiger partial charge in [0, 0.05) is 22.0 Å². The van der Waals surface area contributed by atoms with Crippen LogP contribution in [-0.4, -0.2) is 9.55 Å². The minimum absolute atomic E-state index is 0.364. The van der Waals surface area contributed by atoms with Crippen molar-refractivity contribution in [3.05, 3.63) is 144 Å². The van der Waals surface area contributed by atoms with Crippen molar-refractivity contribution in [1.29, 1.82) is 15.8 Å². The summed E-state index contributed by atoms with van der Waals surface area (Å²) in [4.78, 5) is 4.99. The summed E-state index contributed by atoms with van der Waals surface area (Å²) in [6.45, 7) is 0. The SMILES string of the molecule is N#Cc1ccc2c3ccccc3n(-c3cc(-c4ccc(-c5ccc(C#N)c(C#N)c5)cc4)cc(-c4nc5ccccc5s4)c3)c2c1. The van der Waals surface area contributed by atoms with Crippen molar-refractivity contribution in [2.45, 2.75) is 0 Å². The minimum atomic E-state index is 0.364. The Bertz CT molecular complexity index is 2590. The molecule has 0 atom stereocenters. The lowest BCUT2D eigenvalue weighted by Crippen LogP contribution is -1.96. The molecular weight excluding hydrogens is 583 g/mol. The van der Waals surface area contributed by atoms with E-state index in [0.29, 0.717) is 16.7 Å². The van der Waals surface area contributed by atoms with Gasteiger partial charge in [0.1, 0.15) is 17.1 Å². The van der Waals surface area contributed by atoms with Crippen LogP contribution < -0.4 is 0 Å². The van der Waals surface area contributed by atoms with Crippen LogP contribution in [0.3, 0.4) is 0 Å². The summed E-state index contributed by atoms with van der Waals surface area (Å²) in [7, 11) is 0. The Balaban J connectivity index is 1.33. The van der Waals surface area contributed by atoms with Crippen molar-refractivity contribution in [3.63, 3.8) is 0 Å². The normalized spacial score (nSPS) is 11.0. The third-order valence-electron chi connectivity index (χ3n) is 8.33. The third kappa shape index (κ3) is 4.48. The first kappa shape index (κ1) is 27.1. The van der Waals surface area contributed by atoms with Crippen molar-refractivity contribution < 1.29 is 0 Å². The molecule has 0 unspecified atom stereocenters. The van der Waals surface area contributed by atoms with Gasteiger partial charge in [0.05, 0.1) is 44.0 Å². The number of aromatic nitrogens is 2. The molecule has 5 nitrogen and oxygen atoms in total.